The van der Waals surface area contributed by atoms with Crippen LogP contribution in [0.1, 0.15) is 57.4 Å². The number of benzene rings is 3. The van der Waals surface area contributed by atoms with Crippen molar-refractivity contribution in [2.75, 3.05) is 18.6 Å². The highest BCUT2D eigenvalue weighted by Crippen LogP contribution is 2.43. The van der Waals surface area contributed by atoms with Crippen LogP contribution in [0.4, 0.5) is 5.69 Å². The summed E-state index contributed by atoms with van der Waals surface area (Å²) in [7, 11) is 1.58. The van der Waals surface area contributed by atoms with Crippen molar-refractivity contribution in [3.8, 4) is 11.5 Å². The third kappa shape index (κ3) is 5.44. The Balaban J connectivity index is 1.81. The van der Waals surface area contributed by atoms with Gasteiger partial charge in [0.1, 0.15) is 17.3 Å². The first-order chi connectivity index (χ1) is 18.0. The first kappa shape index (κ1) is 27.0. The molecule has 1 saturated heterocycles. The molecule has 4 rings (SSSR count). The van der Waals surface area contributed by atoms with Gasteiger partial charge in [0.15, 0.2) is 0 Å². The van der Waals surface area contributed by atoms with Gasteiger partial charge in [0.2, 0.25) is 0 Å². The second kappa shape index (κ2) is 10.7. The average Bonchev–Trinajstić information content (AvgIpc) is 3.17. The standard InChI is InChI=1S/C32H35NO5/c1-20(2)19-38-26-17-9-22(10-18-26)29(34)27-28(21-7-15-25(37-6)16-8-21)33(31(36)30(27)35)24-13-11-23(12-14-24)32(3,4)5/h7-18,20,28,34H,19H2,1-6H3/b29-27+. The molecule has 1 heterocycles. The molecule has 0 bridgehead atoms. The van der Waals surface area contributed by atoms with Crippen molar-refractivity contribution in [2.45, 2.75) is 46.1 Å². The van der Waals surface area contributed by atoms with Crippen LogP contribution < -0.4 is 14.4 Å². The molecule has 0 spiro atoms. The van der Waals surface area contributed by atoms with Gasteiger partial charge in [0, 0.05) is 11.3 Å². The first-order valence-corrected chi connectivity index (χ1v) is 12.8. The average molecular weight is 514 g/mol. The van der Waals surface area contributed by atoms with E-state index in [-0.39, 0.29) is 16.7 Å². The Kier molecular flexibility index (Phi) is 7.63. The fraction of sp³-hybridized carbons (Fsp3) is 0.312. The van der Waals surface area contributed by atoms with Crippen molar-refractivity contribution in [2.24, 2.45) is 5.92 Å². The fourth-order valence-corrected chi connectivity index (χ4v) is 4.45. The molecule has 0 saturated carbocycles. The second-order valence-corrected chi connectivity index (χ2v) is 11.0. The van der Waals surface area contributed by atoms with E-state index in [2.05, 4.69) is 34.6 Å². The van der Waals surface area contributed by atoms with Gasteiger partial charge in [0.25, 0.3) is 11.7 Å². The Morgan fingerprint density at radius 3 is 2.00 bits per heavy atom. The number of aliphatic hydroxyl groups excluding tert-OH is 1. The number of ether oxygens (including phenoxy) is 2. The van der Waals surface area contributed by atoms with Crippen molar-refractivity contribution in [3.63, 3.8) is 0 Å². The Labute approximate surface area is 224 Å². The summed E-state index contributed by atoms with van der Waals surface area (Å²) in [6.45, 7) is 11.0. The van der Waals surface area contributed by atoms with Crippen molar-refractivity contribution in [3.05, 3.63) is 95.1 Å². The van der Waals surface area contributed by atoms with Crippen LogP contribution in [0.15, 0.2) is 78.4 Å². The van der Waals surface area contributed by atoms with Crippen LogP contribution in [0.5, 0.6) is 11.5 Å². The maximum Gasteiger partial charge on any atom is 0.300 e. The molecule has 1 aliphatic heterocycles. The molecular formula is C32H35NO5. The smallest absolute Gasteiger partial charge is 0.300 e. The number of anilines is 1. The molecule has 1 unspecified atom stereocenters. The van der Waals surface area contributed by atoms with Crippen molar-refractivity contribution in [1.82, 2.24) is 0 Å². The number of hydrogen-bond acceptors (Lipinski definition) is 5. The van der Waals surface area contributed by atoms with Gasteiger partial charge in [0.05, 0.1) is 25.3 Å². The number of ketones is 1. The third-order valence-corrected chi connectivity index (χ3v) is 6.60. The van der Waals surface area contributed by atoms with E-state index in [1.807, 2.05) is 36.4 Å². The molecule has 1 amide bonds. The highest BCUT2D eigenvalue weighted by atomic mass is 16.5. The minimum Gasteiger partial charge on any atom is -0.507 e. The number of hydrogen-bond donors (Lipinski definition) is 1. The van der Waals surface area contributed by atoms with E-state index < -0.39 is 17.7 Å². The molecule has 0 aromatic heterocycles. The molecule has 0 radical (unpaired) electrons. The van der Waals surface area contributed by atoms with E-state index in [0.29, 0.717) is 40.8 Å². The zero-order chi connectivity index (χ0) is 27.6. The molecule has 1 aliphatic rings. The lowest BCUT2D eigenvalue weighted by Gasteiger charge is -2.27. The normalized spacial score (nSPS) is 17.2. The summed E-state index contributed by atoms with van der Waals surface area (Å²) in [6.07, 6.45) is 0. The number of rotatable bonds is 7. The van der Waals surface area contributed by atoms with Crippen LogP contribution in [0, 0.1) is 5.92 Å². The van der Waals surface area contributed by atoms with Gasteiger partial charge < -0.3 is 14.6 Å². The van der Waals surface area contributed by atoms with Crippen LogP contribution in [0.2, 0.25) is 0 Å². The van der Waals surface area contributed by atoms with Crippen LogP contribution in [-0.4, -0.2) is 30.5 Å². The molecule has 198 valence electrons. The third-order valence-electron chi connectivity index (χ3n) is 6.60. The van der Waals surface area contributed by atoms with Crippen LogP contribution in [0.3, 0.4) is 0 Å². The minimum atomic E-state index is -0.807. The first-order valence-electron chi connectivity index (χ1n) is 12.8. The molecule has 1 N–H and O–H groups in total. The highest BCUT2D eigenvalue weighted by Gasteiger charge is 2.47. The summed E-state index contributed by atoms with van der Waals surface area (Å²) in [5.41, 5.74) is 2.78. The highest BCUT2D eigenvalue weighted by molar-refractivity contribution is 6.51. The van der Waals surface area contributed by atoms with Crippen molar-refractivity contribution >= 4 is 23.1 Å². The molecule has 6 heteroatoms. The van der Waals surface area contributed by atoms with Gasteiger partial charge in [-0.15, -0.1) is 0 Å². The van der Waals surface area contributed by atoms with E-state index in [1.54, 1.807) is 43.5 Å². The summed E-state index contributed by atoms with van der Waals surface area (Å²) in [6, 6.07) is 20.9. The van der Waals surface area contributed by atoms with Gasteiger partial charge in [-0.25, -0.2) is 0 Å². The Hall–Kier alpha value is -4.06. The van der Waals surface area contributed by atoms with Gasteiger partial charge in [-0.05, 0) is 71.0 Å². The minimum absolute atomic E-state index is 0.0379. The van der Waals surface area contributed by atoms with E-state index in [0.717, 1.165) is 5.56 Å². The number of amides is 1. The molecule has 1 fully saturated rings. The number of nitrogens with zero attached hydrogens (tertiary/aromatic N) is 1. The van der Waals surface area contributed by atoms with E-state index in [9.17, 15) is 14.7 Å². The summed E-state index contributed by atoms with van der Waals surface area (Å²) in [5.74, 6) is 0.0455. The van der Waals surface area contributed by atoms with Gasteiger partial charge in [-0.2, -0.15) is 0 Å². The SMILES string of the molecule is COc1ccc(C2/C(=C(\O)c3ccc(OCC(C)C)cc3)C(=O)C(=O)N2c2ccc(C(C)(C)C)cc2)cc1. The summed E-state index contributed by atoms with van der Waals surface area (Å²) >= 11 is 0. The number of aliphatic hydroxyl groups is 1. The Bertz CT molecular complexity index is 1330. The Morgan fingerprint density at radius 1 is 0.895 bits per heavy atom. The van der Waals surface area contributed by atoms with Crippen molar-refractivity contribution in [1.29, 1.82) is 0 Å². The molecule has 3 aromatic carbocycles. The number of carbonyl (C=O) groups excluding carboxylic acids is 2. The molecule has 1 atom stereocenters. The van der Waals surface area contributed by atoms with E-state index >= 15 is 0 Å². The van der Waals surface area contributed by atoms with E-state index in [4.69, 9.17) is 9.47 Å². The zero-order valence-electron chi connectivity index (χ0n) is 22.8. The zero-order valence-corrected chi connectivity index (χ0v) is 22.8. The van der Waals surface area contributed by atoms with Gasteiger partial charge in [-0.1, -0.05) is 58.9 Å². The Morgan fingerprint density at radius 2 is 1.47 bits per heavy atom. The molecule has 6 nitrogen and oxygen atoms in total. The largest absolute Gasteiger partial charge is 0.507 e. The lowest BCUT2D eigenvalue weighted by molar-refractivity contribution is -0.132. The van der Waals surface area contributed by atoms with Crippen LogP contribution in [0.25, 0.3) is 5.76 Å². The molecule has 3 aromatic rings. The second-order valence-electron chi connectivity index (χ2n) is 11.0. The number of methoxy groups -OCH3 is 1. The van der Waals surface area contributed by atoms with Crippen molar-refractivity contribution < 1.29 is 24.2 Å². The van der Waals surface area contributed by atoms with Gasteiger partial charge >= 0.3 is 0 Å². The maximum atomic E-state index is 13.4. The maximum absolute atomic E-state index is 13.4. The lowest BCUT2D eigenvalue weighted by atomic mass is 9.87. The summed E-state index contributed by atoms with van der Waals surface area (Å²) in [4.78, 5) is 28.3. The molecule has 0 aliphatic carbocycles. The van der Waals surface area contributed by atoms with Gasteiger partial charge in [-0.3, -0.25) is 14.5 Å². The van der Waals surface area contributed by atoms with Crippen LogP contribution in [-0.2, 0) is 15.0 Å². The number of Topliss-reactive ketones (excluding diaryl/α,β-unsaturated/α-hetero) is 1. The topological polar surface area (TPSA) is 76.1 Å². The van der Waals surface area contributed by atoms with Crippen LogP contribution >= 0.6 is 0 Å². The van der Waals surface area contributed by atoms with E-state index in [1.165, 1.54) is 4.90 Å². The summed E-state index contributed by atoms with van der Waals surface area (Å²) < 4.78 is 11.0. The summed E-state index contributed by atoms with van der Waals surface area (Å²) in [5, 5.41) is 11.4. The number of carbonyl (C=O) groups is 2. The quantitative estimate of drug-likeness (QED) is 0.217. The predicted molar refractivity (Wildman–Crippen MR) is 150 cm³/mol. The fourth-order valence-electron chi connectivity index (χ4n) is 4.45. The predicted octanol–water partition coefficient (Wildman–Crippen LogP) is 6.65. The molecular weight excluding hydrogens is 478 g/mol. The lowest BCUT2D eigenvalue weighted by Crippen LogP contribution is -2.29. The molecule has 38 heavy (non-hydrogen) atoms. The monoisotopic (exact) mass is 513 g/mol.